The molecule has 0 radical (unpaired) electrons. The van der Waals surface area contributed by atoms with Crippen molar-refractivity contribution in [3.05, 3.63) is 33.7 Å². The fourth-order valence-electron chi connectivity index (χ4n) is 2.45. The van der Waals surface area contributed by atoms with Crippen LogP contribution in [0.5, 0.6) is 0 Å². The van der Waals surface area contributed by atoms with Crippen molar-refractivity contribution in [1.29, 1.82) is 0 Å². The van der Waals surface area contributed by atoms with Crippen LogP contribution in [0.4, 0.5) is 10.1 Å². The normalized spacial score (nSPS) is 14.1. The maximum Gasteiger partial charge on any atom is 0.149 e. The van der Waals surface area contributed by atoms with Crippen LogP contribution >= 0.6 is 15.9 Å². The van der Waals surface area contributed by atoms with Crippen molar-refractivity contribution >= 4 is 32.5 Å². The summed E-state index contributed by atoms with van der Waals surface area (Å²) >= 11 is 3.43. The molecule has 1 heterocycles. The van der Waals surface area contributed by atoms with E-state index in [0.717, 1.165) is 46.1 Å². The van der Waals surface area contributed by atoms with E-state index in [9.17, 15) is 4.39 Å². The van der Waals surface area contributed by atoms with Crippen LogP contribution in [0.25, 0.3) is 10.9 Å². The Bertz CT molecular complexity index is 612. The van der Waals surface area contributed by atoms with Gasteiger partial charge in [0.1, 0.15) is 11.3 Å². The topological polar surface area (TPSA) is 50.9 Å². The summed E-state index contributed by atoms with van der Waals surface area (Å²) in [4.78, 5) is 4.42. The summed E-state index contributed by atoms with van der Waals surface area (Å²) in [7, 11) is 0. The van der Waals surface area contributed by atoms with Gasteiger partial charge in [0.2, 0.25) is 0 Å². The standard InChI is InChI=1S/C12H11BrFN3/c13-7-4-5-8(14)12-10(7)11(17-15)6-2-1-3-9(6)16-12/h4-5H,1-3,15H2,(H,16,17). The van der Waals surface area contributed by atoms with Crippen molar-refractivity contribution < 1.29 is 4.39 Å². The third-order valence-electron chi connectivity index (χ3n) is 3.21. The summed E-state index contributed by atoms with van der Waals surface area (Å²) in [5.74, 6) is 5.28. The number of hydrogen-bond acceptors (Lipinski definition) is 3. The van der Waals surface area contributed by atoms with Gasteiger partial charge >= 0.3 is 0 Å². The smallest absolute Gasteiger partial charge is 0.149 e. The number of halogens is 2. The van der Waals surface area contributed by atoms with Crippen LogP contribution in [0.2, 0.25) is 0 Å². The zero-order valence-corrected chi connectivity index (χ0v) is 10.6. The molecule has 1 aromatic heterocycles. The van der Waals surface area contributed by atoms with Crippen LogP contribution in [-0.2, 0) is 12.8 Å². The number of fused-ring (bicyclic) bond motifs is 2. The first-order valence-electron chi connectivity index (χ1n) is 5.48. The molecule has 0 saturated carbocycles. The fraction of sp³-hybridized carbons (Fsp3) is 0.250. The lowest BCUT2D eigenvalue weighted by molar-refractivity contribution is 0.636. The molecular formula is C12H11BrFN3. The predicted molar refractivity (Wildman–Crippen MR) is 69.2 cm³/mol. The Morgan fingerprint density at radius 1 is 1.35 bits per heavy atom. The van der Waals surface area contributed by atoms with Gasteiger partial charge in [-0.2, -0.15) is 0 Å². The zero-order chi connectivity index (χ0) is 12.0. The first-order chi connectivity index (χ1) is 8.22. The van der Waals surface area contributed by atoms with Gasteiger partial charge in [-0.1, -0.05) is 15.9 Å². The van der Waals surface area contributed by atoms with Crippen molar-refractivity contribution in [2.24, 2.45) is 5.84 Å². The largest absolute Gasteiger partial charge is 0.323 e. The zero-order valence-electron chi connectivity index (χ0n) is 9.06. The van der Waals surface area contributed by atoms with Crippen molar-refractivity contribution in [2.45, 2.75) is 19.3 Å². The van der Waals surface area contributed by atoms with Gasteiger partial charge in [-0.3, -0.25) is 5.84 Å². The van der Waals surface area contributed by atoms with Crippen LogP contribution in [0.15, 0.2) is 16.6 Å². The van der Waals surface area contributed by atoms with E-state index in [-0.39, 0.29) is 5.82 Å². The Morgan fingerprint density at radius 2 is 2.18 bits per heavy atom. The third-order valence-corrected chi connectivity index (χ3v) is 3.87. The summed E-state index contributed by atoms with van der Waals surface area (Å²) in [5.41, 5.74) is 5.96. The van der Waals surface area contributed by atoms with Crippen molar-refractivity contribution in [2.75, 3.05) is 5.43 Å². The van der Waals surface area contributed by atoms with Gasteiger partial charge in [0.25, 0.3) is 0 Å². The Morgan fingerprint density at radius 3 is 2.94 bits per heavy atom. The van der Waals surface area contributed by atoms with E-state index in [2.05, 4.69) is 26.3 Å². The fourth-order valence-corrected chi connectivity index (χ4v) is 2.97. The summed E-state index contributed by atoms with van der Waals surface area (Å²) in [6.07, 6.45) is 2.89. The lowest BCUT2D eigenvalue weighted by Gasteiger charge is -2.13. The molecule has 88 valence electrons. The summed E-state index contributed by atoms with van der Waals surface area (Å²) < 4.78 is 14.6. The molecule has 2 aromatic rings. The number of nitrogen functional groups attached to an aromatic ring is 1. The minimum Gasteiger partial charge on any atom is -0.323 e. The highest BCUT2D eigenvalue weighted by atomic mass is 79.9. The molecule has 0 spiro atoms. The number of rotatable bonds is 1. The Balaban J connectivity index is 2.49. The van der Waals surface area contributed by atoms with Crippen molar-refractivity contribution in [3.8, 4) is 0 Å². The molecule has 3 N–H and O–H groups in total. The molecule has 0 bridgehead atoms. The number of hydrazine groups is 1. The highest BCUT2D eigenvalue weighted by Crippen LogP contribution is 2.37. The molecule has 0 unspecified atom stereocenters. The van der Waals surface area contributed by atoms with Crippen molar-refractivity contribution in [1.82, 2.24) is 4.98 Å². The molecule has 1 aliphatic rings. The predicted octanol–water partition coefficient (Wildman–Crippen LogP) is 2.91. The minimum atomic E-state index is -0.311. The molecule has 5 heteroatoms. The van der Waals surface area contributed by atoms with Crippen LogP contribution < -0.4 is 11.3 Å². The van der Waals surface area contributed by atoms with E-state index in [1.807, 2.05) is 0 Å². The van der Waals surface area contributed by atoms with Gasteiger partial charge in [-0.15, -0.1) is 0 Å². The summed E-state index contributed by atoms with van der Waals surface area (Å²) in [6.45, 7) is 0. The molecule has 17 heavy (non-hydrogen) atoms. The Kier molecular flexibility index (Phi) is 2.52. The molecule has 0 atom stereocenters. The number of benzene rings is 1. The van der Waals surface area contributed by atoms with Crippen molar-refractivity contribution in [3.63, 3.8) is 0 Å². The number of nitrogens with two attached hydrogens (primary N) is 1. The Hall–Kier alpha value is -1.20. The van der Waals surface area contributed by atoms with Gasteiger partial charge in [-0.05, 0) is 37.0 Å². The average Bonchev–Trinajstić information content (AvgIpc) is 2.79. The lowest BCUT2D eigenvalue weighted by Crippen LogP contribution is -2.11. The van der Waals surface area contributed by atoms with E-state index in [1.165, 1.54) is 6.07 Å². The first kappa shape index (κ1) is 10.9. The van der Waals surface area contributed by atoms with Gasteiger partial charge in [0, 0.05) is 15.6 Å². The Labute approximate surface area is 106 Å². The lowest BCUT2D eigenvalue weighted by atomic mass is 10.1. The number of nitrogens with one attached hydrogen (secondary N) is 1. The molecular weight excluding hydrogens is 285 g/mol. The first-order valence-corrected chi connectivity index (χ1v) is 6.27. The van der Waals surface area contributed by atoms with Gasteiger partial charge in [-0.25, -0.2) is 9.37 Å². The number of pyridine rings is 1. The molecule has 3 nitrogen and oxygen atoms in total. The van der Waals surface area contributed by atoms with Crippen LogP contribution in [0, 0.1) is 5.82 Å². The van der Waals surface area contributed by atoms with Crippen LogP contribution in [0.1, 0.15) is 17.7 Å². The third kappa shape index (κ3) is 1.53. The van der Waals surface area contributed by atoms with E-state index >= 15 is 0 Å². The molecule has 1 aromatic carbocycles. The number of nitrogens with zero attached hydrogens (tertiary/aromatic N) is 1. The van der Waals surface area contributed by atoms with Gasteiger partial charge in [0.15, 0.2) is 0 Å². The number of anilines is 1. The highest BCUT2D eigenvalue weighted by Gasteiger charge is 2.21. The molecule has 3 rings (SSSR count). The summed E-state index contributed by atoms with van der Waals surface area (Å²) in [6, 6.07) is 3.10. The monoisotopic (exact) mass is 295 g/mol. The average molecular weight is 296 g/mol. The van der Waals surface area contributed by atoms with E-state index in [0.29, 0.717) is 5.52 Å². The van der Waals surface area contributed by atoms with Crippen LogP contribution in [0.3, 0.4) is 0 Å². The maximum atomic E-state index is 13.8. The van der Waals surface area contributed by atoms with E-state index < -0.39 is 0 Å². The second kappa shape index (κ2) is 3.92. The SMILES string of the molecule is NNc1c2c(nc3c(F)ccc(Br)c13)CCC2. The van der Waals surface area contributed by atoms with Gasteiger partial charge in [0.05, 0.1) is 5.69 Å². The number of aryl methyl sites for hydroxylation is 1. The molecule has 1 aliphatic carbocycles. The van der Waals surface area contributed by atoms with Gasteiger partial charge < -0.3 is 5.43 Å². The molecule has 0 fully saturated rings. The quantitative estimate of drug-likeness (QED) is 0.628. The summed E-state index contributed by atoms with van der Waals surface area (Å²) in [5, 5.41) is 0.730. The van der Waals surface area contributed by atoms with Crippen LogP contribution in [-0.4, -0.2) is 4.98 Å². The number of aromatic nitrogens is 1. The number of hydrogen-bond donors (Lipinski definition) is 2. The maximum absolute atomic E-state index is 13.8. The molecule has 0 amide bonds. The minimum absolute atomic E-state index is 0.311. The second-order valence-electron chi connectivity index (χ2n) is 4.16. The highest BCUT2D eigenvalue weighted by molar-refractivity contribution is 9.10. The molecule has 0 aliphatic heterocycles. The van der Waals surface area contributed by atoms with E-state index in [1.54, 1.807) is 6.07 Å². The second-order valence-corrected chi connectivity index (χ2v) is 5.02. The van der Waals surface area contributed by atoms with E-state index in [4.69, 9.17) is 5.84 Å². The molecule has 0 saturated heterocycles.